The van der Waals surface area contributed by atoms with Crippen molar-refractivity contribution in [1.82, 2.24) is 10.0 Å². The SMILES string of the molecule is O=C(O)CCCNC(=O)c1cccc(S(=O)(=O)NC2CCCC2)c1. The minimum Gasteiger partial charge on any atom is -0.481 e. The fraction of sp³-hybridized carbons (Fsp3) is 0.500. The molecule has 7 nitrogen and oxygen atoms in total. The van der Waals surface area contributed by atoms with Gasteiger partial charge in [0.1, 0.15) is 0 Å². The van der Waals surface area contributed by atoms with E-state index in [0.29, 0.717) is 6.42 Å². The Bertz CT molecular complexity index is 696. The number of carbonyl (C=O) groups excluding carboxylic acids is 1. The number of sulfonamides is 1. The lowest BCUT2D eigenvalue weighted by Gasteiger charge is -2.13. The minimum atomic E-state index is -3.64. The van der Waals surface area contributed by atoms with Crippen LogP contribution in [0, 0.1) is 0 Å². The maximum absolute atomic E-state index is 12.4. The van der Waals surface area contributed by atoms with Crippen LogP contribution in [0.2, 0.25) is 0 Å². The highest BCUT2D eigenvalue weighted by molar-refractivity contribution is 7.89. The molecule has 2 rings (SSSR count). The molecular weight excluding hydrogens is 332 g/mol. The molecule has 1 fully saturated rings. The average molecular weight is 354 g/mol. The van der Waals surface area contributed by atoms with Crippen molar-refractivity contribution in [1.29, 1.82) is 0 Å². The maximum Gasteiger partial charge on any atom is 0.303 e. The van der Waals surface area contributed by atoms with E-state index in [4.69, 9.17) is 5.11 Å². The van der Waals surface area contributed by atoms with Crippen molar-refractivity contribution < 1.29 is 23.1 Å². The lowest BCUT2D eigenvalue weighted by Crippen LogP contribution is -2.33. The number of hydrogen-bond acceptors (Lipinski definition) is 4. The molecular formula is C16H22N2O5S. The van der Waals surface area contributed by atoms with Gasteiger partial charge < -0.3 is 10.4 Å². The summed E-state index contributed by atoms with van der Waals surface area (Å²) in [6.07, 6.45) is 4.01. The first-order chi connectivity index (χ1) is 11.4. The van der Waals surface area contributed by atoms with Gasteiger partial charge >= 0.3 is 5.97 Å². The zero-order valence-electron chi connectivity index (χ0n) is 13.3. The van der Waals surface area contributed by atoms with Crippen molar-refractivity contribution in [2.24, 2.45) is 0 Å². The van der Waals surface area contributed by atoms with Gasteiger partial charge in [-0.1, -0.05) is 18.9 Å². The molecule has 1 aliphatic rings. The van der Waals surface area contributed by atoms with Crippen molar-refractivity contribution in [2.75, 3.05) is 6.54 Å². The Hall–Kier alpha value is -1.93. The number of nitrogens with one attached hydrogen (secondary N) is 2. The van der Waals surface area contributed by atoms with E-state index >= 15 is 0 Å². The van der Waals surface area contributed by atoms with Gasteiger partial charge in [-0.25, -0.2) is 13.1 Å². The molecule has 1 saturated carbocycles. The molecule has 3 N–H and O–H groups in total. The number of rotatable bonds is 8. The minimum absolute atomic E-state index is 0.0278. The summed E-state index contributed by atoms with van der Waals surface area (Å²) in [5, 5.41) is 11.1. The average Bonchev–Trinajstić information content (AvgIpc) is 3.03. The van der Waals surface area contributed by atoms with Crippen molar-refractivity contribution in [3.05, 3.63) is 29.8 Å². The molecule has 132 valence electrons. The van der Waals surface area contributed by atoms with E-state index in [0.717, 1.165) is 25.7 Å². The van der Waals surface area contributed by atoms with Crippen molar-refractivity contribution in [3.63, 3.8) is 0 Å². The Morgan fingerprint density at radius 3 is 2.58 bits per heavy atom. The van der Waals surface area contributed by atoms with Crippen LogP contribution in [0.3, 0.4) is 0 Å². The highest BCUT2D eigenvalue weighted by Crippen LogP contribution is 2.20. The first-order valence-corrected chi connectivity index (χ1v) is 9.49. The topological polar surface area (TPSA) is 113 Å². The molecule has 0 bridgehead atoms. The molecule has 0 aliphatic heterocycles. The second-order valence-electron chi connectivity index (χ2n) is 5.88. The van der Waals surface area contributed by atoms with Crippen LogP contribution >= 0.6 is 0 Å². The first-order valence-electron chi connectivity index (χ1n) is 8.01. The number of carbonyl (C=O) groups is 2. The monoisotopic (exact) mass is 354 g/mol. The second kappa shape index (κ2) is 8.25. The Labute approximate surface area is 141 Å². The third-order valence-corrected chi connectivity index (χ3v) is 5.45. The number of hydrogen-bond donors (Lipinski definition) is 3. The van der Waals surface area contributed by atoms with Crippen molar-refractivity contribution in [2.45, 2.75) is 49.5 Å². The second-order valence-corrected chi connectivity index (χ2v) is 7.60. The normalized spacial score (nSPS) is 15.3. The Morgan fingerprint density at radius 2 is 1.92 bits per heavy atom. The van der Waals surface area contributed by atoms with Crippen LogP contribution in [0.5, 0.6) is 0 Å². The van der Waals surface area contributed by atoms with Crippen LogP contribution in [-0.4, -0.2) is 38.0 Å². The smallest absolute Gasteiger partial charge is 0.303 e. The molecule has 0 aromatic heterocycles. The zero-order valence-corrected chi connectivity index (χ0v) is 14.1. The Kier molecular flexibility index (Phi) is 6.33. The fourth-order valence-electron chi connectivity index (χ4n) is 2.68. The Morgan fingerprint density at radius 1 is 1.21 bits per heavy atom. The van der Waals surface area contributed by atoms with Crippen LogP contribution in [0.1, 0.15) is 48.9 Å². The molecule has 0 unspecified atom stereocenters. The van der Waals surface area contributed by atoms with Gasteiger partial charge in [0.2, 0.25) is 10.0 Å². The standard InChI is InChI=1S/C16H22N2O5S/c19-15(20)9-4-10-17-16(21)12-5-3-8-14(11-12)24(22,23)18-13-6-1-2-7-13/h3,5,8,11,13,18H,1-2,4,6-7,9-10H2,(H,17,21)(H,19,20). The van der Waals surface area contributed by atoms with Gasteiger partial charge in [-0.2, -0.15) is 0 Å². The summed E-state index contributed by atoms with van der Waals surface area (Å²) in [5.41, 5.74) is 0.236. The van der Waals surface area contributed by atoms with E-state index in [2.05, 4.69) is 10.0 Å². The molecule has 1 amide bonds. The third kappa shape index (κ3) is 5.31. The first kappa shape index (κ1) is 18.4. The summed E-state index contributed by atoms with van der Waals surface area (Å²) >= 11 is 0. The predicted molar refractivity (Wildman–Crippen MR) is 88.2 cm³/mol. The lowest BCUT2D eigenvalue weighted by molar-refractivity contribution is -0.137. The third-order valence-electron chi connectivity index (χ3n) is 3.94. The van der Waals surface area contributed by atoms with E-state index < -0.39 is 21.9 Å². The molecule has 8 heteroatoms. The van der Waals surface area contributed by atoms with E-state index in [9.17, 15) is 18.0 Å². The van der Waals surface area contributed by atoms with Gasteiger partial charge in [-0.15, -0.1) is 0 Å². The maximum atomic E-state index is 12.4. The Balaban J connectivity index is 1.99. The van der Waals surface area contributed by atoms with Crippen LogP contribution < -0.4 is 10.0 Å². The molecule has 0 saturated heterocycles. The summed E-state index contributed by atoms with van der Waals surface area (Å²) in [5.74, 6) is -1.34. The van der Waals surface area contributed by atoms with Gasteiger partial charge in [-0.3, -0.25) is 9.59 Å². The number of benzene rings is 1. The van der Waals surface area contributed by atoms with Crippen LogP contribution in [0.25, 0.3) is 0 Å². The molecule has 0 radical (unpaired) electrons. The van der Waals surface area contributed by atoms with Crippen molar-refractivity contribution >= 4 is 21.9 Å². The van der Waals surface area contributed by atoms with Crippen molar-refractivity contribution in [3.8, 4) is 0 Å². The summed E-state index contributed by atoms with van der Waals surface area (Å²) in [7, 11) is -3.64. The quantitative estimate of drug-likeness (QED) is 0.613. The molecule has 24 heavy (non-hydrogen) atoms. The molecule has 1 aliphatic carbocycles. The van der Waals surface area contributed by atoms with Crippen LogP contribution in [-0.2, 0) is 14.8 Å². The highest BCUT2D eigenvalue weighted by Gasteiger charge is 2.23. The van der Waals surface area contributed by atoms with E-state index in [1.807, 2.05) is 0 Å². The van der Waals surface area contributed by atoms with E-state index in [1.54, 1.807) is 0 Å². The van der Waals surface area contributed by atoms with Gasteiger partial charge in [0.25, 0.3) is 5.91 Å². The predicted octanol–water partition coefficient (Wildman–Crippen LogP) is 1.50. The summed E-state index contributed by atoms with van der Waals surface area (Å²) in [4.78, 5) is 22.5. The molecule has 1 aromatic rings. The van der Waals surface area contributed by atoms with Gasteiger partial charge in [0.05, 0.1) is 4.90 Å². The lowest BCUT2D eigenvalue weighted by atomic mass is 10.2. The number of carboxylic acids is 1. The van der Waals surface area contributed by atoms with Gasteiger partial charge in [-0.05, 0) is 37.5 Å². The number of aliphatic carboxylic acids is 1. The molecule has 1 aromatic carbocycles. The number of carboxylic acid groups (broad SMARTS) is 1. The molecule has 0 spiro atoms. The number of amides is 1. The van der Waals surface area contributed by atoms with E-state index in [1.165, 1.54) is 24.3 Å². The molecule has 0 atom stereocenters. The van der Waals surface area contributed by atoms with Gasteiger partial charge in [0.15, 0.2) is 0 Å². The molecule has 0 heterocycles. The van der Waals surface area contributed by atoms with Crippen LogP contribution in [0.4, 0.5) is 0 Å². The highest BCUT2D eigenvalue weighted by atomic mass is 32.2. The fourth-order valence-corrected chi connectivity index (χ4v) is 4.03. The zero-order chi connectivity index (χ0) is 17.6. The largest absolute Gasteiger partial charge is 0.481 e. The summed E-state index contributed by atoms with van der Waals surface area (Å²) < 4.78 is 27.5. The van der Waals surface area contributed by atoms with E-state index in [-0.39, 0.29) is 29.5 Å². The summed E-state index contributed by atoms with van der Waals surface area (Å²) in [6.45, 7) is 0.225. The summed E-state index contributed by atoms with van der Waals surface area (Å²) in [6, 6.07) is 5.81. The van der Waals surface area contributed by atoms with Crippen LogP contribution in [0.15, 0.2) is 29.2 Å². The van der Waals surface area contributed by atoms with Gasteiger partial charge in [0, 0.05) is 24.6 Å².